The Morgan fingerprint density at radius 3 is 2.34 bits per heavy atom. The van der Waals surface area contributed by atoms with Crippen LogP contribution in [0.15, 0.2) is 72.8 Å². The van der Waals surface area contributed by atoms with E-state index in [0.29, 0.717) is 26.2 Å². The summed E-state index contributed by atoms with van der Waals surface area (Å²) in [5.74, 6) is 0.915. The normalized spacial score (nSPS) is 15.2. The molecule has 0 spiro atoms. The molecule has 0 atom stereocenters. The molecule has 4 heteroatoms. The van der Waals surface area contributed by atoms with Gasteiger partial charge >= 0.3 is 0 Å². The van der Waals surface area contributed by atoms with Crippen LogP contribution in [0, 0.1) is 6.92 Å². The molecule has 0 unspecified atom stereocenters. The third kappa shape index (κ3) is 5.03. The maximum absolute atomic E-state index is 12.8. The maximum atomic E-state index is 12.8. The SMILES string of the molecule is COc1ccc(C)cc1C1(CNC(=O)Cc2ccc(-c3ccccc3)cc2)CCOCC1. The number of nitrogens with one attached hydrogen (secondary N) is 1. The van der Waals surface area contributed by atoms with Crippen molar-refractivity contribution in [2.45, 2.75) is 31.6 Å². The Morgan fingerprint density at radius 2 is 1.66 bits per heavy atom. The van der Waals surface area contributed by atoms with Gasteiger partial charge in [-0.25, -0.2) is 0 Å². The molecule has 1 saturated heterocycles. The summed E-state index contributed by atoms with van der Waals surface area (Å²) in [6, 6.07) is 24.8. The van der Waals surface area contributed by atoms with E-state index in [-0.39, 0.29) is 11.3 Å². The molecular weight excluding hydrogens is 398 g/mol. The van der Waals surface area contributed by atoms with E-state index >= 15 is 0 Å². The van der Waals surface area contributed by atoms with E-state index in [4.69, 9.17) is 9.47 Å². The smallest absolute Gasteiger partial charge is 0.224 e. The van der Waals surface area contributed by atoms with Crippen LogP contribution in [0.3, 0.4) is 0 Å². The minimum atomic E-state index is -0.178. The maximum Gasteiger partial charge on any atom is 0.224 e. The standard InChI is InChI=1S/C28H31NO3/c1-21-8-13-26(31-2)25(18-21)28(14-16-32-17-15-28)20-29-27(30)19-22-9-11-24(12-10-22)23-6-4-3-5-7-23/h3-13,18H,14-17,19-20H2,1-2H3,(H,29,30). The van der Waals surface area contributed by atoms with Gasteiger partial charge in [-0.15, -0.1) is 0 Å². The molecule has 3 aromatic carbocycles. The molecule has 0 aliphatic carbocycles. The zero-order valence-electron chi connectivity index (χ0n) is 18.9. The minimum absolute atomic E-state index is 0.0370. The Kier molecular flexibility index (Phi) is 6.91. The van der Waals surface area contributed by atoms with E-state index in [2.05, 4.69) is 48.6 Å². The van der Waals surface area contributed by atoms with Crippen LogP contribution < -0.4 is 10.1 Å². The van der Waals surface area contributed by atoms with Crippen molar-refractivity contribution in [2.24, 2.45) is 0 Å². The fourth-order valence-electron chi connectivity index (χ4n) is 4.50. The molecule has 1 fully saturated rings. The van der Waals surface area contributed by atoms with Gasteiger partial charge < -0.3 is 14.8 Å². The summed E-state index contributed by atoms with van der Waals surface area (Å²) in [4.78, 5) is 12.8. The second kappa shape index (κ2) is 10.0. The zero-order valence-corrected chi connectivity index (χ0v) is 18.9. The van der Waals surface area contributed by atoms with Crippen LogP contribution >= 0.6 is 0 Å². The van der Waals surface area contributed by atoms with Gasteiger partial charge in [0.25, 0.3) is 0 Å². The molecule has 1 N–H and O–H groups in total. The fraction of sp³-hybridized carbons (Fsp3) is 0.321. The summed E-state index contributed by atoms with van der Waals surface area (Å²) < 4.78 is 11.3. The van der Waals surface area contributed by atoms with Gasteiger partial charge in [-0.05, 0) is 42.5 Å². The summed E-state index contributed by atoms with van der Waals surface area (Å²) in [6.07, 6.45) is 2.09. The van der Waals surface area contributed by atoms with Gasteiger partial charge in [-0.1, -0.05) is 72.3 Å². The van der Waals surface area contributed by atoms with Crippen molar-refractivity contribution in [3.8, 4) is 16.9 Å². The summed E-state index contributed by atoms with van der Waals surface area (Å²) in [6.45, 7) is 4.05. The highest BCUT2D eigenvalue weighted by Gasteiger charge is 2.37. The first kappa shape index (κ1) is 22.1. The number of hydrogen-bond acceptors (Lipinski definition) is 3. The van der Waals surface area contributed by atoms with Crippen molar-refractivity contribution in [2.75, 3.05) is 26.9 Å². The van der Waals surface area contributed by atoms with Crippen molar-refractivity contribution in [1.29, 1.82) is 0 Å². The van der Waals surface area contributed by atoms with Crippen molar-refractivity contribution in [3.63, 3.8) is 0 Å². The molecule has 0 radical (unpaired) electrons. The summed E-state index contributed by atoms with van der Waals surface area (Å²) >= 11 is 0. The number of carbonyl (C=O) groups is 1. The number of ether oxygens (including phenoxy) is 2. The molecule has 0 aromatic heterocycles. The molecule has 1 aliphatic rings. The molecule has 4 nitrogen and oxygen atoms in total. The lowest BCUT2D eigenvalue weighted by molar-refractivity contribution is -0.121. The van der Waals surface area contributed by atoms with Gasteiger partial charge in [-0.2, -0.15) is 0 Å². The van der Waals surface area contributed by atoms with E-state index in [1.54, 1.807) is 7.11 Å². The lowest BCUT2D eigenvalue weighted by Crippen LogP contribution is -2.45. The Bertz CT molecular complexity index is 1040. The van der Waals surface area contributed by atoms with E-state index in [9.17, 15) is 4.79 Å². The molecule has 166 valence electrons. The van der Waals surface area contributed by atoms with E-state index in [1.165, 1.54) is 11.1 Å². The predicted molar refractivity (Wildman–Crippen MR) is 128 cm³/mol. The van der Waals surface area contributed by atoms with Crippen molar-refractivity contribution in [1.82, 2.24) is 5.32 Å². The van der Waals surface area contributed by atoms with Gasteiger partial charge in [0.15, 0.2) is 0 Å². The first-order chi connectivity index (χ1) is 15.6. The van der Waals surface area contributed by atoms with Crippen molar-refractivity contribution >= 4 is 5.91 Å². The highest BCUT2D eigenvalue weighted by Crippen LogP contribution is 2.40. The molecule has 4 rings (SSSR count). The molecule has 1 amide bonds. The third-order valence-electron chi connectivity index (χ3n) is 6.43. The van der Waals surface area contributed by atoms with Crippen LogP contribution in [0.4, 0.5) is 0 Å². The lowest BCUT2D eigenvalue weighted by atomic mass is 9.73. The Hall–Kier alpha value is -3.11. The monoisotopic (exact) mass is 429 g/mol. The number of benzene rings is 3. The number of hydrogen-bond donors (Lipinski definition) is 1. The van der Waals surface area contributed by atoms with Crippen molar-refractivity contribution < 1.29 is 14.3 Å². The van der Waals surface area contributed by atoms with Crippen LogP contribution in [0.5, 0.6) is 5.75 Å². The van der Waals surface area contributed by atoms with Crippen LogP contribution in [0.25, 0.3) is 11.1 Å². The van der Waals surface area contributed by atoms with Crippen molar-refractivity contribution in [3.05, 3.63) is 89.5 Å². The van der Waals surface area contributed by atoms with E-state index in [1.807, 2.05) is 36.4 Å². The van der Waals surface area contributed by atoms with Gasteiger partial charge in [0, 0.05) is 30.7 Å². The second-order valence-electron chi connectivity index (χ2n) is 8.61. The van der Waals surface area contributed by atoms with Crippen LogP contribution in [-0.4, -0.2) is 32.8 Å². The Balaban J connectivity index is 1.45. The Morgan fingerprint density at radius 1 is 0.969 bits per heavy atom. The number of rotatable bonds is 7. The summed E-state index contributed by atoms with van der Waals surface area (Å²) in [5.41, 5.74) is 5.52. The molecule has 0 saturated carbocycles. The summed E-state index contributed by atoms with van der Waals surface area (Å²) in [7, 11) is 1.71. The number of amides is 1. The molecule has 1 heterocycles. The first-order valence-electron chi connectivity index (χ1n) is 11.2. The molecule has 0 bridgehead atoms. The van der Waals surface area contributed by atoms with Crippen LogP contribution in [0.2, 0.25) is 0 Å². The topological polar surface area (TPSA) is 47.6 Å². The van der Waals surface area contributed by atoms with Gasteiger partial charge in [0.05, 0.1) is 13.5 Å². The van der Waals surface area contributed by atoms with Crippen LogP contribution in [-0.2, 0) is 21.4 Å². The highest BCUT2D eigenvalue weighted by molar-refractivity contribution is 5.79. The van der Waals surface area contributed by atoms with Gasteiger partial charge in [0.2, 0.25) is 5.91 Å². The zero-order chi connectivity index (χ0) is 22.4. The molecular formula is C28H31NO3. The number of carbonyl (C=O) groups excluding carboxylic acids is 1. The summed E-state index contributed by atoms with van der Waals surface area (Å²) in [5, 5.41) is 3.21. The number of aryl methyl sites for hydroxylation is 1. The lowest BCUT2D eigenvalue weighted by Gasteiger charge is -2.39. The molecule has 32 heavy (non-hydrogen) atoms. The Labute approximate surface area is 190 Å². The minimum Gasteiger partial charge on any atom is -0.496 e. The number of methoxy groups -OCH3 is 1. The quantitative estimate of drug-likeness (QED) is 0.570. The van der Waals surface area contributed by atoms with E-state index < -0.39 is 0 Å². The van der Waals surface area contributed by atoms with Gasteiger partial charge in [-0.3, -0.25) is 4.79 Å². The molecule has 1 aliphatic heterocycles. The first-order valence-corrected chi connectivity index (χ1v) is 11.2. The van der Waals surface area contributed by atoms with Crippen LogP contribution in [0.1, 0.15) is 29.5 Å². The average Bonchev–Trinajstić information content (AvgIpc) is 2.84. The predicted octanol–water partition coefficient (Wildman–Crippen LogP) is 5.08. The second-order valence-corrected chi connectivity index (χ2v) is 8.61. The third-order valence-corrected chi connectivity index (χ3v) is 6.43. The highest BCUT2D eigenvalue weighted by atomic mass is 16.5. The fourth-order valence-corrected chi connectivity index (χ4v) is 4.50. The molecule has 3 aromatic rings. The largest absolute Gasteiger partial charge is 0.496 e. The van der Waals surface area contributed by atoms with Gasteiger partial charge in [0.1, 0.15) is 5.75 Å². The van der Waals surface area contributed by atoms with E-state index in [0.717, 1.165) is 35.3 Å². The average molecular weight is 430 g/mol.